The molecule has 0 aliphatic rings. The zero-order valence-corrected chi connectivity index (χ0v) is 7.42. The maximum absolute atomic E-state index is 3.12. The van der Waals surface area contributed by atoms with Crippen LogP contribution in [0.2, 0.25) is 0 Å². The molecule has 1 aromatic carbocycles. The van der Waals surface area contributed by atoms with Crippen LogP contribution in [0.4, 0.5) is 5.69 Å². The van der Waals surface area contributed by atoms with Crippen molar-refractivity contribution in [3.8, 4) is 0 Å². The Morgan fingerprint density at radius 1 is 1.22 bits per heavy atom. The molecule has 0 bridgehead atoms. The molecular formula is C6H6BNZr. The van der Waals surface area contributed by atoms with E-state index in [0.717, 1.165) is 5.69 Å². The molecule has 42 valence electrons. The standard InChI is InChI=1S/C6H6BN.Zr/c7-8-6-4-2-1-3-5-6;/h1-5,8H;. The summed E-state index contributed by atoms with van der Waals surface area (Å²) in [6.07, 6.45) is 0. The summed E-state index contributed by atoms with van der Waals surface area (Å²) in [6, 6.07) is 10.1. The Labute approximate surface area is 69.7 Å². The van der Waals surface area contributed by atoms with Gasteiger partial charge in [0, 0.05) is 0 Å². The first-order valence-corrected chi connectivity index (χ1v) is 4.16. The van der Waals surface area contributed by atoms with Gasteiger partial charge in [0.1, 0.15) is 0 Å². The molecule has 0 spiro atoms. The number of rotatable bonds is 2. The van der Waals surface area contributed by atoms with Gasteiger partial charge >= 0.3 is 69.7 Å². The summed E-state index contributed by atoms with van der Waals surface area (Å²) in [4.78, 5) is 0. The predicted octanol–water partition coefficient (Wildman–Crippen LogP) is 1.18. The van der Waals surface area contributed by atoms with E-state index in [1.54, 1.807) is 0 Å². The van der Waals surface area contributed by atoms with Crippen LogP contribution in [-0.4, -0.2) is 4.51 Å². The van der Waals surface area contributed by atoms with Crippen molar-refractivity contribution in [2.75, 3.05) is 5.23 Å². The Kier molecular flexibility index (Phi) is 3.06. The van der Waals surface area contributed by atoms with Gasteiger partial charge in [-0.1, -0.05) is 0 Å². The fourth-order valence-corrected chi connectivity index (χ4v) is 1.03. The zero-order valence-electron chi connectivity index (χ0n) is 4.96. The first-order valence-electron chi connectivity index (χ1n) is 2.74. The van der Waals surface area contributed by atoms with Gasteiger partial charge in [-0.3, -0.25) is 0 Å². The summed E-state index contributed by atoms with van der Waals surface area (Å²) in [7, 11) is 0. The van der Waals surface area contributed by atoms with Gasteiger partial charge in [-0.25, -0.2) is 0 Å². The Balaban J connectivity index is 2.72. The molecule has 0 aliphatic heterocycles. The van der Waals surface area contributed by atoms with Crippen molar-refractivity contribution < 1.29 is 24.0 Å². The van der Waals surface area contributed by atoms with Crippen molar-refractivity contribution in [2.24, 2.45) is 0 Å². The van der Waals surface area contributed by atoms with Crippen LogP contribution in [0.3, 0.4) is 0 Å². The first-order chi connectivity index (χ1) is 4.43. The Bertz CT molecular complexity index is 188. The SMILES string of the molecule is [Zr]=[B]Nc1ccccc1. The molecule has 0 atom stereocenters. The Morgan fingerprint density at radius 2 is 1.89 bits per heavy atom. The average molecular weight is 194 g/mol. The third-order valence-corrected chi connectivity index (χ3v) is 1.37. The fourth-order valence-electron chi connectivity index (χ4n) is 0.618. The average Bonchev–Trinajstić information content (AvgIpc) is 1.91. The molecule has 0 saturated heterocycles. The number of para-hydroxylation sites is 1. The quantitative estimate of drug-likeness (QED) is 0.697. The molecular weight excluding hydrogens is 188 g/mol. The van der Waals surface area contributed by atoms with Gasteiger partial charge in [0.2, 0.25) is 0 Å². The number of hydrogen-bond acceptors (Lipinski definition) is 1. The molecule has 0 unspecified atom stereocenters. The number of benzene rings is 1. The van der Waals surface area contributed by atoms with Crippen molar-refractivity contribution >= 4 is 10.2 Å². The van der Waals surface area contributed by atoms with Gasteiger partial charge in [0.15, 0.2) is 0 Å². The monoisotopic (exact) mass is 193 g/mol. The van der Waals surface area contributed by atoms with Crippen LogP contribution in [0, 0.1) is 0 Å². The van der Waals surface area contributed by atoms with Crippen molar-refractivity contribution in [2.45, 2.75) is 0 Å². The van der Waals surface area contributed by atoms with E-state index in [4.69, 9.17) is 0 Å². The van der Waals surface area contributed by atoms with Crippen LogP contribution in [0.5, 0.6) is 0 Å². The van der Waals surface area contributed by atoms with E-state index in [1.165, 1.54) is 24.0 Å². The normalized spacial score (nSPS) is 7.89. The summed E-state index contributed by atoms with van der Waals surface area (Å²) in [5, 5.41) is 3.12. The van der Waals surface area contributed by atoms with E-state index in [1.807, 2.05) is 34.8 Å². The minimum absolute atomic E-state index is 1.16. The second-order valence-corrected chi connectivity index (χ2v) is 2.36. The van der Waals surface area contributed by atoms with Gasteiger partial charge in [-0.05, 0) is 0 Å². The Hall–Kier alpha value is -0.0319. The number of nitrogens with one attached hydrogen (secondary N) is 1. The molecule has 3 heteroatoms. The molecule has 0 aliphatic carbocycles. The van der Waals surface area contributed by atoms with Crippen LogP contribution < -0.4 is 5.23 Å². The zero-order chi connectivity index (χ0) is 6.53. The summed E-state index contributed by atoms with van der Waals surface area (Å²) >= 11 is 1.40. The number of hydrogen-bond donors (Lipinski definition) is 1. The van der Waals surface area contributed by atoms with Crippen molar-refractivity contribution in [3.05, 3.63) is 30.3 Å². The topological polar surface area (TPSA) is 12.0 Å². The second kappa shape index (κ2) is 3.89. The molecule has 0 fully saturated rings. The third-order valence-electron chi connectivity index (χ3n) is 1.01. The van der Waals surface area contributed by atoms with E-state index in [0.29, 0.717) is 0 Å². The van der Waals surface area contributed by atoms with E-state index in [2.05, 4.69) is 5.23 Å². The molecule has 1 rings (SSSR count). The Morgan fingerprint density at radius 3 is 2.44 bits per heavy atom. The van der Waals surface area contributed by atoms with Gasteiger partial charge in [0.05, 0.1) is 0 Å². The van der Waals surface area contributed by atoms with Gasteiger partial charge in [0.25, 0.3) is 0 Å². The number of anilines is 1. The van der Waals surface area contributed by atoms with Crippen molar-refractivity contribution in [1.29, 1.82) is 0 Å². The minimum atomic E-state index is 1.16. The molecule has 0 saturated carbocycles. The summed E-state index contributed by atoms with van der Waals surface area (Å²) < 4.78 is 2.00. The van der Waals surface area contributed by atoms with Crippen LogP contribution >= 0.6 is 0 Å². The van der Waals surface area contributed by atoms with Crippen molar-refractivity contribution in [1.82, 2.24) is 0 Å². The first kappa shape index (κ1) is 7.08. The van der Waals surface area contributed by atoms with Crippen LogP contribution in [0.1, 0.15) is 0 Å². The second-order valence-electron chi connectivity index (χ2n) is 1.65. The van der Waals surface area contributed by atoms with E-state index in [9.17, 15) is 0 Å². The summed E-state index contributed by atoms with van der Waals surface area (Å²) in [6.45, 7) is 0. The van der Waals surface area contributed by atoms with Gasteiger partial charge in [-0.2, -0.15) is 0 Å². The van der Waals surface area contributed by atoms with Crippen LogP contribution in [-0.2, 0) is 24.0 Å². The third kappa shape index (κ3) is 2.36. The predicted molar refractivity (Wildman–Crippen MR) is 35.8 cm³/mol. The molecule has 0 radical (unpaired) electrons. The summed E-state index contributed by atoms with van der Waals surface area (Å²) in [5.41, 5.74) is 1.16. The molecule has 0 heterocycles. The maximum atomic E-state index is 3.12. The molecule has 1 aromatic rings. The molecule has 9 heavy (non-hydrogen) atoms. The van der Waals surface area contributed by atoms with Gasteiger partial charge < -0.3 is 0 Å². The molecule has 1 nitrogen and oxygen atoms in total. The van der Waals surface area contributed by atoms with Crippen LogP contribution in [0.25, 0.3) is 0 Å². The molecule has 1 N–H and O–H groups in total. The summed E-state index contributed by atoms with van der Waals surface area (Å²) in [5.74, 6) is 0. The molecule has 0 aromatic heterocycles. The van der Waals surface area contributed by atoms with E-state index >= 15 is 0 Å². The van der Waals surface area contributed by atoms with Crippen LogP contribution in [0.15, 0.2) is 30.3 Å². The fraction of sp³-hybridized carbons (Fsp3) is 0. The van der Waals surface area contributed by atoms with Gasteiger partial charge in [-0.15, -0.1) is 0 Å². The van der Waals surface area contributed by atoms with E-state index in [-0.39, 0.29) is 0 Å². The van der Waals surface area contributed by atoms with Crippen molar-refractivity contribution in [3.63, 3.8) is 0 Å². The molecule has 0 amide bonds. The van der Waals surface area contributed by atoms with E-state index < -0.39 is 0 Å².